The van der Waals surface area contributed by atoms with Crippen molar-refractivity contribution in [3.63, 3.8) is 0 Å². The van der Waals surface area contributed by atoms with E-state index in [9.17, 15) is 4.79 Å². The molecule has 2 aromatic heterocycles. The Morgan fingerprint density at radius 3 is 2.50 bits per heavy atom. The maximum absolute atomic E-state index is 13.1. The molecule has 1 amide bonds. The number of hydrogen-bond acceptors (Lipinski definition) is 5. The first kappa shape index (κ1) is 20.0. The normalized spacial score (nSPS) is 10.7. The van der Waals surface area contributed by atoms with E-state index in [4.69, 9.17) is 4.98 Å². The van der Waals surface area contributed by atoms with Crippen molar-refractivity contribution in [2.75, 3.05) is 29.9 Å². The Kier molecular flexibility index (Phi) is 6.41. The second-order valence-corrected chi connectivity index (χ2v) is 7.61. The van der Waals surface area contributed by atoms with Crippen LogP contribution in [0.25, 0.3) is 11.4 Å². The van der Waals surface area contributed by atoms with Crippen LogP contribution in [0, 0.1) is 13.8 Å². The number of nitrogens with zero attached hydrogens (tertiary/aromatic N) is 4. The molecule has 0 saturated heterocycles. The predicted octanol–water partition coefficient (Wildman–Crippen LogP) is 4.70. The minimum Gasteiger partial charge on any atom is -0.350 e. The molecule has 0 atom stereocenters. The molecule has 28 heavy (non-hydrogen) atoms. The van der Waals surface area contributed by atoms with Crippen LogP contribution in [0.15, 0.2) is 47.2 Å². The number of benzene rings is 1. The zero-order valence-electron chi connectivity index (χ0n) is 16.8. The van der Waals surface area contributed by atoms with Crippen molar-refractivity contribution in [3.05, 3.63) is 58.4 Å². The van der Waals surface area contributed by atoms with Gasteiger partial charge in [0.05, 0.1) is 6.54 Å². The number of likely N-dealkylation sites (N-methyl/N-ethyl adjacent to an activating group) is 1. The van der Waals surface area contributed by atoms with Gasteiger partial charge in [0.1, 0.15) is 5.82 Å². The average Bonchev–Trinajstić information content (AvgIpc) is 3.23. The minimum atomic E-state index is 0.0586. The first-order chi connectivity index (χ1) is 13.5. The van der Waals surface area contributed by atoms with Crippen LogP contribution in [0.5, 0.6) is 0 Å². The summed E-state index contributed by atoms with van der Waals surface area (Å²) in [4.78, 5) is 26.2. The Hall–Kier alpha value is -2.73. The number of aryl methyl sites for hydroxylation is 1. The number of rotatable bonds is 7. The molecule has 0 fully saturated rings. The van der Waals surface area contributed by atoms with E-state index in [0.29, 0.717) is 12.4 Å². The topological polar surface area (TPSA) is 49.3 Å². The minimum absolute atomic E-state index is 0.0586. The van der Waals surface area contributed by atoms with Crippen LogP contribution in [-0.2, 0) is 4.79 Å². The van der Waals surface area contributed by atoms with Gasteiger partial charge in [0.2, 0.25) is 5.91 Å². The van der Waals surface area contributed by atoms with E-state index >= 15 is 0 Å². The molecule has 0 aliphatic rings. The van der Waals surface area contributed by atoms with E-state index in [1.807, 2.05) is 77.9 Å². The summed E-state index contributed by atoms with van der Waals surface area (Å²) in [7, 11) is 1.92. The molecule has 0 radical (unpaired) electrons. The Labute approximate surface area is 170 Å². The second kappa shape index (κ2) is 8.97. The fourth-order valence-electron chi connectivity index (χ4n) is 3.10. The lowest BCUT2D eigenvalue weighted by Crippen LogP contribution is -2.40. The van der Waals surface area contributed by atoms with Crippen LogP contribution in [0.3, 0.4) is 0 Å². The van der Waals surface area contributed by atoms with Gasteiger partial charge in [-0.3, -0.25) is 4.79 Å². The zero-order valence-corrected chi connectivity index (χ0v) is 17.7. The van der Waals surface area contributed by atoms with Gasteiger partial charge in [0.25, 0.3) is 0 Å². The summed E-state index contributed by atoms with van der Waals surface area (Å²) in [6.07, 6.45) is 0.901. The SMILES string of the molecule is CCCN(C(=O)CN(C)c1nc(-c2ccsc2)nc(C)c1C)c1ccccc1. The molecule has 0 bridgehead atoms. The maximum atomic E-state index is 13.1. The van der Waals surface area contributed by atoms with Crippen LogP contribution in [0.4, 0.5) is 11.5 Å². The van der Waals surface area contributed by atoms with Gasteiger partial charge in [-0.15, -0.1) is 0 Å². The van der Waals surface area contributed by atoms with E-state index in [-0.39, 0.29) is 12.5 Å². The number of amides is 1. The number of thiophene rings is 1. The molecular weight excluding hydrogens is 368 g/mol. The molecule has 146 valence electrons. The first-order valence-corrected chi connectivity index (χ1v) is 10.4. The molecule has 0 aliphatic heterocycles. The summed E-state index contributed by atoms with van der Waals surface area (Å²) >= 11 is 1.62. The van der Waals surface area contributed by atoms with Gasteiger partial charge in [-0.1, -0.05) is 25.1 Å². The summed E-state index contributed by atoms with van der Waals surface area (Å²) in [5.74, 6) is 1.56. The number of para-hydroxylation sites is 1. The summed E-state index contributed by atoms with van der Waals surface area (Å²) in [5.41, 5.74) is 3.86. The highest BCUT2D eigenvalue weighted by molar-refractivity contribution is 7.08. The van der Waals surface area contributed by atoms with Crippen LogP contribution in [0.1, 0.15) is 24.6 Å². The summed E-state index contributed by atoms with van der Waals surface area (Å²) < 4.78 is 0. The van der Waals surface area contributed by atoms with E-state index in [1.54, 1.807) is 11.3 Å². The summed E-state index contributed by atoms with van der Waals surface area (Å²) in [6, 6.07) is 11.8. The first-order valence-electron chi connectivity index (χ1n) is 9.45. The highest BCUT2D eigenvalue weighted by Gasteiger charge is 2.20. The largest absolute Gasteiger partial charge is 0.350 e. The van der Waals surface area contributed by atoms with Crippen molar-refractivity contribution >= 4 is 28.7 Å². The van der Waals surface area contributed by atoms with Gasteiger partial charge >= 0.3 is 0 Å². The highest BCUT2D eigenvalue weighted by atomic mass is 32.1. The number of hydrogen-bond donors (Lipinski definition) is 0. The Morgan fingerprint density at radius 2 is 1.86 bits per heavy atom. The number of anilines is 2. The molecular formula is C22H26N4OS. The molecule has 1 aromatic carbocycles. The number of carbonyl (C=O) groups excluding carboxylic acids is 1. The van der Waals surface area contributed by atoms with Gasteiger partial charge in [-0.05, 0) is 43.8 Å². The highest BCUT2D eigenvalue weighted by Crippen LogP contribution is 2.25. The Bertz CT molecular complexity index is 925. The third kappa shape index (κ3) is 4.39. The lowest BCUT2D eigenvalue weighted by Gasteiger charge is -2.27. The molecule has 5 nitrogen and oxygen atoms in total. The van der Waals surface area contributed by atoms with E-state index in [2.05, 4.69) is 11.9 Å². The zero-order chi connectivity index (χ0) is 20.1. The van der Waals surface area contributed by atoms with Gasteiger partial charge in [-0.25, -0.2) is 9.97 Å². The van der Waals surface area contributed by atoms with E-state index < -0.39 is 0 Å². The van der Waals surface area contributed by atoms with Gasteiger partial charge in [-0.2, -0.15) is 11.3 Å². The molecule has 0 saturated carbocycles. The van der Waals surface area contributed by atoms with Crippen molar-refractivity contribution in [1.82, 2.24) is 9.97 Å². The second-order valence-electron chi connectivity index (χ2n) is 6.83. The van der Waals surface area contributed by atoms with Crippen molar-refractivity contribution in [2.24, 2.45) is 0 Å². The molecule has 0 aliphatic carbocycles. The Morgan fingerprint density at radius 1 is 1.11 bits per heavy atom. The van der Waals surface area contributed by atoms with E-state index in [0.717, 1.165) is 34.7 Å². The molecule has 0 spiro atoms. The van der Waals surface area contributed by atoms with Crippen LogP contribution < -0.4 is 9.80 Å². The van der Waals surface area contributed by atoms with Crippen LogP contribution >= 0.6 is 11.3 Å². The van der Waals surface area contributed by atoms with Gasteiger partial charge < -0.3 is 9.80 Å². The smallest absolute Gasteiger partial charge is 0.246 e. The Balaban J connectivity index is 1.85. The van der Waals surface area contributed by atoms with Crippen LogP contribution in [-0.4, -0.2) is 36.0 Å². The number of carbonyl (C=O) groups is 1. The average molecular weight is 395 g/mol. The molecule has 0 unspecified atom stereocenters. The third-order valence-corrected chi connectivity index (χ3v) is 5.38. The van der Waals surface area contributed by atoms with Crippen molar-refractivity contribution in [2.45, 2.75) is 27.2 Å². The molecule has 3 aromatic rings. The van der Waals surface area contributed by atoms with Gasteiger partial charge in [0.15, 0.2) is 5.82 Å². The molecule has 3 rings (SSSR count). The van der Waals surface area contributed by atoms with Gasteiger partial charge in [0, 0.05) is 41.5 Å². The lowest BCUT2D eigenvalue weighted by molar-refractivity contribution is -0.117. The van der Waals surface area contributed by atoms with Crippen LogP contribution in [0.2, 0.25) is 0 Å². The summed E-state index contributed by atoms with van der Waals surface area (Å²) in [5, 5.41) is 4.06. The maximum Gasteiger partial charge on any atom is 0.246 e. The fourth-order valence-corrected chi connectivity index (χ4v) is 3.73. The predicted molar refractivity (Wildman–Crippen MR) is 117 cm³/mol. The third-order valence-electron chi connectivity index (χ3n) is 4.69. The standard InChI is InChI=1S/C22H26N4OS/c1-5-12-26(19-9-7-6-8-10-19)20(27)14-25(4)22-16(2)17(3)23-21(24-22)18-11-13-28-15-18/h6-11,13,15H,5,12,14H2,1-4H3. The quantitative estimate of drug-likeness (QED) is 0.583. The van der Waals surface area contributed by atoms with E-state index in [1.165, 1.54) is 0 Å². The molecule has 0 N–H and O–H groups in total. The fraction of sp³-hybridized carbons (Fsp3) is 0.318. The monoisotopic (exact) mass is 394 g/mol. The molecule has 6 heteroatoms. The summed E-state index contributed by atoms with van der Waals surface area (Å²) in [6.45, 7) is 7.02. The van der Waals surface area contributed by atoms with Crippen molar-refractivity contribution < 1.29 is 4.79 Å². The van der Waals surface area contributed by atoms with Crippen molar-refractivity contribution in [3.8, 4) is 11.4 Å². The molecule has 2 heterocycles. The lowest BCUT2D eigenvalue weighted by atomic mass is 10.2. The number of aromatic nitrogens is 2. The van der Waals surface area contributed by atoms with Crippen molar-refractivity contribution in [1.29, 1.82) is 0 Å².